The van der Waals surface area contributed by atoms with Crippen LogP contribution in [0, 0.1) is 0 Å². The Labute approximate surface area is 146 Å². The second-order valence-electron chi connectivity index (χ2n) is 5.45. The normalized spacial score (nSPS) is 11.5. The van der Waals surface area contributed by atoms with Gasteiger partial charge in [-0.25, -0.2) is 0 Å². The molecule has 3 rings (SSSR count). The summed E-state index contributed by atoms with van der Waals surface area (Å²) in [7, 11) is 0. The topological polar surface area (TPSA) is 84.2 Å². The third kappa shape index (κ3) is 4.26. The molecule has 0 aliphatic heterocycles. The van der Waals surface area contributed by atoms with Crippen molar-refractivity contribution in [2.75, 3.05) is 11.9 Å². The second-order valence-corrected chi connectivity index (χ2v) is 5.45. The van der Waals surface area contributed by atoms with Gasteiger partial charge in [-0.3, -0.25) is 4.79 Å². The van der Waals surface area contributed by atoms with E-state index in [2.05, 4.69) is 25.9 Å². The summed E-state index contributed by atoms with van der Waals surface area (Å²) in [5, 5.41) is 15.9. The van der Waals surface area contributed by atoms with Crippen molar-refractivity contribution in [3.05, 3.63) is 53.9 Å². The van der Waals surface area contributed by atoms with Gasteiger partial charge in [0, 0.05) is 19.5 Å². The van der Waals surface area contributed by atoms with Gasteiger partial charge in [-0.15, -0.1) is 15.3 Å². The lowest BCUT2D eigenvalue weighted by Crippen LogP contribution is -2.25. The molecule has 7 nitrogen and oxygen atoms in total. The van der Waals surface area contributed by atoms with Gasteiger partial charge >= 0.3 is 6.18 Å². The molecular formula is C16H15F3N6O. The van der Waals surface area contributed by atoms with Crippen LogP contribution in [0.5, 0.6) is 0 Å². The first-order chi connectivity index (χ1) is 12.4. The molecule has 136 valence electrons. The Morgan fingerprint density at radius 3 is 2.58 bits per heavy atom. The number of benzene rings is 1. The van der Waals surface area contributed by atoms with Crippen LogP contribution in [-0.2, 0) is 17.5 Å². The van der Waals surface area contributed by atoms with Crippen LogP contribution < -0.4 is 10.6 Å². The highest BCUT2D eigenvalue weighted by atomic mass is 19.4. The highest BCUT2D eigenvalue weighted by Gasteiger charge is 2.37. The van der Waals surface area contributed by atoms with Crippen molar-refractivity contribution in [2.24, 2.45) is 0 Å². The summed E-state index contributed by atoms with van der Waals surface area (Å²) in [4.78, 5) is 11.8. The summed E-state index contributed by atoms with van der Waals surface area (Å²) >= 11 is 0. The van der Waals surface area contributed by atoms with Crippen LogP contribution in [0.25, 0.3) is 5.65 Å². The Morgan fingerprint density at radius 2 is 1.85 bits per heavy atom. The molecule has 26 heavy (non-hydrogen) atoms. The van der Waals surface area contributed by atoms with Crippen LogP contribution in [0.4, 0.5) is 19.0 Å². The number of carbonyl (C=O) groups excluding carboxylic acids is 1. The Balaban J connectivity index is 1.54. The zero-order valence-corrected chi connectivity index (χ0v) is 13.5. The number of halogens is 3. The fraction of sp³-hybridized carbons (Fsp3) is 0.250. The van der Waals surface area contributed by atoms with E-state index < -0.39 is 12.0 Å². The maximum absolute atomic E-state index is 12.8. The average molecular weight is 364 g/mol. The largest absolute Gasteiger partial charge is 0.453 e. The number of nitrogens with zero attached hydrogens (tertiary/aromatic N) is 4. The molecule has 3 aromatic rings. The summed E-state index contributed by atoms with van der Waals surface area (Å²) in [6, 6.07) is 12.3. The lowest BCUT2D eigenvalue weighted by Gasteiger charge is -2.08. The van der Waals surface area contributed by atoms with Gasteiger partial charge in [-0.2, -0.15) is 17.7 Å². The number of amides is 1. The molecule has 0 spiro atoms. The molecule has 0 atom stereocenters. The summed E-state index contributed by atoms with van der Waals surface area (Å²) < 4.78 is 39.1. The number of nitrogens with one attached hydrogen (secondary N) is 2. The first-order valence-corrected chi connectivity index (χ1v) is 7.77. The number of fused-ring (bicyclic) bond motifs is 1. The Bertz CT molecular complexity index is 894. The molecule has 0 fully saturated rings. The van der Waals surface area contributed by atoms with E-state index >= 15 is 0 Å². The minimum absolute atomic E-state index is 0.0107. The van der Waals surface area contributed by atoms with Gasteiger partial charge in [0.2, 0.25) is 5.91 Å². The van der Waals surface area contributed by atoms with Gasteiger partial charge in [0.15, 0.2) is 5.65 Å². The predicted octanol–water partition coefficient (Wildman–Crippen LogP) is 2.26. The number of anilines is 1. The maximum Gasteiger partial charge on any atom is 0.453 e. The molecule has 0 unspecified atom stereocenters. The lowest BCUT2D eigenvalue weighted by molar-refractivity contribution is -0.146. The number of carbonyl (C=O) groups is 1. The van der Waals surface area contributed by atoms with Crippen LogP contribution >= 0.6 is 0 Å². The van der Waals surface area contributed by atoms with Crippen molar-refractivity contribution in [3.63, 3.8) is 0 Å². The third-order valence-corrected chi connectivity index (χ3v) is 3.51. The molecule has 0 saturated carbocycles. The summed E-state index contributed by atoms with van der Waals surface area (Å²) in [5.74, 6) is -1.18. The van der Waals surface area contributed by atoms with Crippen LogP contribution in [-0.4, -0.2) is 32.3 Å². The van der Waals surface area contributed by atoms with Crippen molar-refractivity contribution in [2.45, 2.75) is 19.1 Å². The van der Waals surface area contributed by atoms with Crippen LogP contribution in [0.2, 0.25) is 0 Å². The summed E-state index contributed by atoms with van der Waals surface area (Å²) in [6.07, 6.45) is -4.50. The monoisotopic (exact) mass is 364 g/mol. The number of alkyl halides is 3. The van der Waals surface area contributed by atoms with Gasteiger partial charge in [0.05, 0.1) is 0 Å². The van der Waals surface area contributed by atoms with Gasteiger partial charge in [0.1, 0.15) is 5.82 Å². The van der Waals surface area contributed by atoms with Gasteiger partial charge in [-0.1, -0.05) is 30.3 Å². The SMILES string of the molecule is O=C(CCNc1ccc2nnc(C(F)(F)F)n2n1)NCc1ccccc1. The van der Waals surface area contributed by atoms with Crippen molar-refractivity contribution < 1.29 is 18.0 Å². The molecule has 2 heterocycles. The zero-order chi connectivity index (χ0) is 18.6. The molecule has 0 bridgehead atoms. The van der Waals surface area contributed by atoms with E-state index in [4.69, 9.17) is 0 Å². The van der Waals surface area contributed by atoms with Crippen LogP contribution in [0.15, 0.2) is 42.5 Å². The van der Waals surface area contributed by atoms with Gasteiger partial charge < -0.3 is 10.6 Å². The van der Waals surface area contributed by atoms with E-state index in [1.807, 2.05) is 30.3 Å². The predicted molar refractivity (Wildman–Crippen MR) is 87.2 cm³/mol. The van der Waals surface area contributed by atoms with Crippen molar-refractivity contribution in [1.82, 2.24) is 25.1 Å². The van der Waals surface area contributed by atoms with E-state index in [0.717, 1.165) is 5.56 Å². The average Bonchev–Trinajstić information content (AvgIpc) is 3.04. The number of rotatable bonds is 6. The molecule has 10 heteroatoms. The van der Waals surface area contributed by atoms with E-state index in [-0.39, 0.29) is 30.3 Å². The zero-order valence-electron chi connectivity index (χ0n) is 13.5. The molecule has 1 amide bonds. The number of aromatic nitrogens is 4. The van der Waals surface area contributed by atoms with Crippen LogP contribution in [0.1, 0.15) is 17.8 Å². The van der Waals surface area contributed by atoms with Crippen molar-refractivity contribution in [1.29, 1.82) is 0 Å². The minimum Gasteiger partial charge on any atom is -0.368 e. The molecular weight excluding hydrogens is 349 g/mol. The van der Waals surface area contributed by atoms with E-state index in [9.17, 15) is 18.0 Å². The lowest BCUT2D eigenvalue weighted by atomic mass is 10.2. The van der Waals surface area contributed by atoms with E-state index in [1.165, 1.54) is 12.1 Å². The van der Waals surface area contributed by atoms with Crippen molar-refractivity contribution in [3.8, 4) is 0 Å². The fourth-order valence-electron chi connectivity index (χ4n) is 2.25. The van der Waals surface area contributed by atoms with E-state index in [1.54, 1.807) is 0 Å². The molecule has 0 aliphatic carbocycles. The molecule has 0 radical (unpaired) electrons. The number of hydrogen-bond acceptors (Lipinski definition) is 5. The first kappa shape index (κ1) is 17.6. The highest BCUT2D eigenvalue weighted by Crippen LogP contribution is 2.27. The Hall–Kier alpha value is -3.17. The maximum atomic E-state index is 12.8. The number of hydrogen-bond donors (Lipinski definition) is 2. The molecule has 0 saturated heterocycles. The first-order valence-electron chi connectivity index (χ1n) is 7.77. The van der Waals surface area contributed by atoms with Gasteiger partial charge in [0.25, 0.3) is 5.82 Å². The third-order valence-electron chi connectivity index (χ3n) is 3.51. The standard InChI is InChI=1S/C16H15F3N6O/c17-16(18,19)15-23-22-13-7-6-12(24-25(13)15)20-9-8-14(26)21-10-11-4-2-1-3-5-11/h1-7H,8-10H2,(H,20,24)(H,21,26). The van der Waals surface area contributed by atoms with E-state index in [0.29, 0.717) is 11.1 Å². The van der Waals surface area contributed by atoms with Crippen LogP contribution in [0.3, 0.4) is 0 Å². The second kappa shape index (κ2) is 7.38. The fourth-order valence-corrected chi connectivity index (χ4v) is 2.25. The van der Waals surface area contributed by atoms with Crippen molar-refractivity contribution >= 4 is 17.4 Å². The molecule has 0 aliphatic rings. The molecule has 2 aromatic heterocycles. The smallest absolute Gasteiger partial charge is 0.368 e. The minimum atomic E-state index is -4.65. The summed E-state index contributed by atoms with van der Waals surface area (Å²) in [5.41, 5.74) is 0.969. The molecule has 2 N–H and O–H groups in total. The quantitative estimate of drug-likeness (QED) is 0.701. The Morgan fingerprint density at radius 1 is 1.08 bits per heavy atom. The van der Waals surface area contributed by atoms with Gasteiger partial charge in [-0.05, 0) is 17.7 Å². The summed E-state index contributed by atoms with van der Waals surface area (Å²) in [6.45, 7) is 0.641. The Kier molecular flexibility index (Phi) is 5.01. The highest BCUT2D eigenvalue weighted by molar-refractivity contribution is 5.76. The molecule has 1 aromatic carbocycles.